The summed E-state index contributed by atoms with van der Waals surface area (Å²) < 4.78 is 23.7. The molecule has 3 rings (SSSR count). The van der Waals surface area contributed by atoms with Gasteiger partial charge in [0.15, 0.2) is 23.1 Å². The van der Waals surface area contributed by atoms with Gasteiger partial charge in [0.25, 0.3) is 0 Å². The third-order valence-corrected chi connectivity index (χ3v) is 2.46. The van der Waals surface area contributed by atoms with Crippen LogP contribution in [0, 0.1) is 5.82 Å². The van der Waals surface area contributed by atoms with Crippen LogP contribution in [-0.4, -0.2) is 22.1 Å². The van der Waals surface area contributed by atoms with Gasteiger partial charge >= 0.3 is 0 Å². The van der Waals surface area contributed by atoms with Gasteiger partial charge in [0, 0.05) is 12.1 Å². The molecule has 0 unspecified atom stereocenters. The van der Waals surface area contributed by atoms with Crippen molar-refractivity contribution >= 4 is 5.82 Å². The monoisotopic (exact) mass is 237 g/mol. The van der Waals surface area contributed by atoms with Crippen LogP contribution in [0.2, 0.25) is 0 Å². The third kappa shape index (κ3) is 1.36. The molecule has 1 aromatic carbocycles. The van der Waals surface area contributed by atoms with E-state index in [4.69, 9.17) is 15.2 Å². The number of phenolic OH excluding ortho intramolecular Hbond substituents is 1. The Morgan fingerprint density at radius 3 is 2.94 bits per heavy atom. The molecule has 0 bridgehead atoms. The highest BCUT2D eigenvalue weighted by Gasteiger charge is 2.26. The molecule has 1 aromatic heterocycles. The molecule has 0 radical (unpaired) electrons. The Morgan fingerprint density at radius 1 is 1.41 bits per heavy atom. The molecule has 7 heteroatoms. The summed E-state index contributed by atoms with van der Waals surface area (Å²) in [6, 6.07) is 2.54. The highest BCUT2D eigenvalue weighted by molar-refractivity contribution is 5.79. The van der Waals surface area contributed by atoms with Crippen LogP contribution >= 0.6 is 0 Å². The number of aromatic nitrogens is 2. The van der Waals surface area contributed by atoms with E-state index < -0.39 is 11.6 Å². The number of anilines is 1. The number of H-pyrrole nitrogens is 1. The van der Waals surface area contributed by atoms with Gasteiger partial charge < -0.3 is 20.3 Å². The van der Waals surface area contributed by atoms with E-state index in [1.165, 1.54) is 6.07 Å². The number of aromatic hydroxyl groups is 1. The Kier molecular flexibility index (Phi) is 1.88. The van der Waals surface area contributed by atoms with E-state index in [-0.39, 0.29) is 29.7 Å². The fraction of sp³-hybridized carbons (Fsp3) is 0.100. The second kappa shape index (κ2) is 3.27. The first-order valence-corrected chi connectivity index (χ1v) is 4.79. The number of ether oxygens (including phenoxy) is 2. The first kappa shape index (κ1) is 9.76. The topological polar surface area (TPSA) is 93.4 Å². The normalized spacial score (nSPS) is 13.0. The molecule has 2 aromatic rings. The van der Waals surface area contributed by atoms with Gasteiger partial charge in [-0.1, -0.05) is 0 Å². The molecule has 0 saturated heterocycles. The zero-order valence-electron chi connectivity index (χ0n) is 8.53. The molecule has 17 heavy (non-hydrogen) atoms. The van der Waals surface area contributed by atoms with Gasteiger partial charge in [0.2, 0.25) is 6.79 Å². The number of nitrogens with one attached hydrogen (secondary N) is 1. The Labute approximate surface area is 94.8 Å². The molecule has 88 valence electrons. The minimum atomic E-state index is -0.794. The Morgan fingerprint density at radius 2 is 2.24 bits per heavy atom. The lowest BCUT2D eigenvalue weighted by atomic mass is 10.1. The second-order valence-electron chi connectivity index (χ2n) is 3.52. The minimum Gasteiger partial charge on any atom is -0.504 e. The van der Waals surface area contributed by atoms with E-state index in [0.717, 1.165) is 6.07 Å². The van der Waals surface area contributed by atoms with Gasteiger partial charge in [0.1, 0.15) is 5.82 Å². The Hall–Kier alpha value is -2.44. The van der Waals surface area contributed by atoms with Crippen molar-refractivity contribution in [1.82, 2.24) is 10.2 Å². The fourth-order valence-electron chi connectivity index (χ4n) is 1.72. The Bertz CT molecular complexity index is 597. The van der Waals surface area contributed by atoms with Crippen molar-refractivity contribution in [3.8, 4) is 28.5 Å². The highest BCUT2D eigenvalue weighted by Crippen LogP contribution is 2.47. The summed E-state index contributed by atoms with van der Waals surface area (Å²) in [5.41, 5.74) is 5.98. The van der Waals surface area contributed by atoms with Crippen LogP contribution in [0.25, 0.3) is 11.3 Å². The van der Waals surface area contributed by atoms with Gasteiger partial charge in [-0.25, -0.2) is 4.39 Å². The standard InChI is InChI=1S/C10H8FN3O3/c11-4-1-6-10(17-3-16-6)8(9(4)15)5-2-7(12)14-13-5/h1-2,15H,3H2,(H3,12,13,14). The Balaban J connectivity index is 2.28. The molecule has 2 heterocycles. The summed E-state index contributed by atoms with van der Waals surface area (Å²) in [6.45, 7) is -0.0190. The number of rotatable bonds is 1. The summed E-state index contributed by atoms with van der Waals surface area (Å²) in [6.07, 6.45) is 0. The maximum atomic E-state index is 13.5. The first-order valence-electron chi connectivity index (χ1n) is 4.79. The summed E-state index contributed by atoms with van der Waals surface area (Å²) in [5, 5.41) is 16.0. The largest absolute Gasteiger partial charge is 0.504 e. The number of phenols is 1. The van der Waals surface area contributed by atoms with Crippen molar-refractivity contribution < 1.29 is 19.0 Å². The lowest BCUT2D eigenvalue weighted by molar-refractivity contribution is 0.174. The number of hydrogen-bond acceptors (Lipinski definition) is 5. The van der Waals surface area contributed by atoms with E-state index in [0.29, 0.717) is 5.69 Å². The van der Waals surface area contributed by atoms with Gasteiger partial charge in [0.05, 0.1) is 11.3 Å². The zero-order valence-corrected chi connectivity index (χ0v) is 8.53. The van der Waals surface area contributed by atoms with Crippen molar-refractivity contribution in [2.75, 3.05) is 12.5 Å². The quantitative estimate of drug-likeness (QED) is 0.693. The van der Waals surface area contributed by atoms with Crippen LogP contribution < -0.4 is 15.2 Å². The molecule has 0 atom stereocenters. The lowest BCUT2D eigenvalue weighted by Crippen LogP contribution is -1.93. The number of halogens is 1. The van der Waals surface area contributed by atoms with Crippen LogP contribution in [0.5, 0.6) is 17.2 Å². The lowest BCUT2D eigenvalue weighted by Gasteiger charge is -2.07. The van der Waals surface area contributed by atoms with Crippen molar-refractivity contribution in [2.45, 2.75) is 0 Å². The van der Waals surface area contributed by atoms with Crippen molar-refractivity contribution in [1.29, 1.82) is 0 Å². The van der Waals surface area contributed by atoms with E-state index >= 15 is 0 Å². The van der Waals surface area contributed by atoms with Gasteiger partial charge in [-0.2, -0.15) is 5.10 Å². The molecule has 0 spiro atoms. The van der Waals surface area contributed by atoms with Crippen molar-refractivity contribution in [2.24, 2.45) is 0 Å². The van der Waals surface area contributed by atoms with Crippen molar-refractivity contribution in [3.63, 3.8) is 0 Å². The fourth-order valence-corrected chi connectivity index (χ4v) is 1.72. The van der Waals surface area contributed by atoms with Crippen LogP contribution in [0.15, 0.2) is 12.1 Å². The molecule has 0 saturated carbocycles. The average Bonchev–Trinajstić information content (AvgIpc) is 2.89. The molecule has 1 aliphatic heterocycles. The van der Waals surface area contributed by atoms with Gasteiger partial charge in [-0.3, -0.25) is 5.10 Å². The number of hydrogen-bond donors (Lipinski definition) is 3. The molecular weight excluding hydrogens is 229 g/mol. The summed E-state index contributed by atoms with van der Waals surface area (Å²) in [7, 11) is 0. The summed E-state index contributed by atoms with van der Waals surface area (Å²) in [5.74, 6) is -0.581. The molecule has 0 amide bonds. The number of benzene rings is 1. The summed E-state index contributed by atoms with van der Waals surface area (Å²) >= 11 is 0. The van der Waals surface area contributed by atoms with E-state index in [2.05, 4.69) is 10.2 Å². The van der Waals surface area contributed by atoms with E-state index in [1.54, 1.807) is 0 Å². The van der Waals surface area contributed by atoms with Crippen molar-refractivity contribution in [3.05, 3.63) is 17.9 Å². The van der Waals surface area contributed by atoms with Crippen LogP contribution in [0.1, 0.15) is 0 Å². The smallest absolute Gasteiger partial charge is 0.231 e. The predicted octanol–water partition coefficient (Wildman–Crippen LogP) is 1.23. The SMILES string of the molecule is Nc1cc(-c2c(O)c(F)cc3c2OCO3)[nH]n1. The molecule has 0 aliphatic carbocycles. The van der Waals surface area contributed by atoms with Gasteiger partial charge in [-0.05, 0) is 0 Å². The highest BCUT2D eigenvalue weighted by atomic mass is 19.1. The second-order valence-corrected chi connectivity index (χ2v) is 3.52. The average molecular weight is 237 g/mol. The number of nitrogens with two attached hydrogens (primary N) is 1. The van der Waals surface area contributed by atoms with Gasteiger partial charge in [-0.15, -0.1) is 0 Å². The number of nitrogen functional groups attached to an aromatic ring is 1. The zero-order chi connectivity index (χ0) is 12.0. The maximum absolute atomic E-state index is 13.5. The molecule has 6 nitrogen and oxygen atoms in total. The maximum Gasteiger partial charge on any atom is 0.231 e. The molecule has 1 aliphatic rings. The summed E-state index contributed by atoms with van der Waals surface area (Å²) in [4.78, 5) is 0. The van der Waals surface area contributed by atoms with Crippen LogP contribution in [0.3, 0.4) is 0 Å². The molecular formula is C10H8FN3O3. The minimum absolute atomic E-state index is 0.0190. The number of fused-ring (bicyclic) bond motifs is 1. The third-order valence-electron chi connectivity index (χ3n) is 2.46. The molecule has 0 fully saturated rings. The predicted molar refractivity (Wildman–Crippen MR) is 56.2 cm³/mol. The number of aromatic amines is 1. The number of nitrogens with zero attached hydrogens (tertiary/aromatic N) is 1. The van der Waals surface area contributed by atoms with E-state index in [9.17, 15) is 9.50 Å². The van der Waals surface area contributed by atoms with Crippen LogP contribution in [-0.2, 0) is 0 Å². The first-order chi connectivity index (χ1) is 8.16. The van der Waals surface area contributed by atoms with E-state index in [1.807, 2.05) is 0 Å². The van der Waals surface area contributed by atoms with Crippen LogP contribution in [0.4, 0.5) is 10.2 Å². The molecule has 4 N–H and O–H groups in total.